The third-order valence-electron chi connectivity index (χ3n) is 9.07. The van der Waals surface area contributed by atoms with E-state index < -0.39 is 0 Å². The largest absolute Gasteiger partial charge is 0.461 e. The maximum absolute atomic E-state index is 6.40. The topological polar surface area (TPSA) is 22.4 Å². The Labute approximate surface area is 256 Å². The van der Waals surface area contributed by atoms with Crippen molar-refractivity contribution in [3.05, 3.63) is 168 Å². The van der Waals surface area contributed by atoms with Crippen LogP contribution in [0.2, 0.25) is 0 Å². The van der Waals surface area contributed by atoms with Gasteiger partial charge in [-0.15, -0.1) is 0 Å². The van der Waals surface area contributed by atoms with Crippen LogP contribution in [0.1, 0.15) is 22.8 Å². The van der Waals surface area contributed by atoms with E-state index >= 15 is 0 Å². The normalized spacial score (nSPS) is 14.8. The highest BCUT2D eigenvalue weighted by Gasteiger charge is 2.35. The van der Waals surface area contributed by atoms with Crippen LogP contribution in [-0.2, 0) is 6.42 Å². The maximum Gasteiger partial charge on any atom is 0.135 e. The van der Waals surface area contributed by atoms with Crippen molar-refractivity contribution < 1.29 is 9.15 Å². The lowest BCUT2D eigenvalue weighted by molar-refractivity contribution is 0.425. The van der Waals surface area contributed by atoms with Crippen LogP contribution in [0, 0.1) is 0 Å². The number of fused-ring (bicyclic) bond motifs is 6. The summed E-state index contributed by atoms with van der Waals surface area (Å²) in [6.07, 6.45) is 2.96. The zero-order valence-electron chi connectivity index (χ0n) is 24.0. The van der Waals surface area contributed by atoms with Crippen LogP contribution in [0.5, 0.6) is 5.75 Å². The number of rotatable bonds is 4. The van der Waals surface area contributed by atoms with Gasteiger partial charge in [-0.25, -0.2) is 0 Å². The molecule has 1 aromatic heterocycles. The Bertz CT molecular complexity index is 2220. The molecule has 0 N–H and O–H groups in total. The van der Waals surface area contributed by atoms with Crippen LogP contribution in [0.15, 0.2) is 156 Å². The molecular formula is C42H28O2. The number of allylic oxidation sites excluding steroid dienone is 1. The van der Waals surface area contributed by atoms with Gasteiger partial charge in [-0.05, 0) is 87.3 Å². The molecule has 1 unspecified atom stereocenters. The second kappa shape index (κ2) is 10.00. The monoisotopic (exact) mass is 564 g/mol. The molecule has 0 amide bonds. The summed E-state index contributed by atoms with van der Waals surface area (Å²) in [5.41, 5.74) is 13.1. The van der Waals surface area contributed by atoms with Crippen molar-refractivity contribution in [3.63, 3.8) is 0 Å². The van der Waals surface area contributed by atoms with Crippen molar-refractivity contribution >= 4 is 17.0 Å². The highest BCUT2D eigenvalue weighted by atomic mass is 16.5. The Morgan fingerprint density at radius 2 is 1.02 bits per heavy atom. The molecule has 1 aliphatic carbocycles. The summed E-state index contributed by atoms with van der Waals surface area (Å²) in [7, 11) is 0. The van der Waals surface area contributed by atoms with E-state index in [0.29, 0.717) is 0 Å². The summed E-state index contributed by atoms with van der Waals surface area (Å²) in [5, 5.41) is 1.18. The van der Waals surface area contributed by atoms with E-state index in [1.807, 2.05) is 0 Å². The van der Waals surface area contributed by atoms with Gasteiger partial charge in [0.2, 0.25) is 0 Å². The Balaban J connectivity index is 1.07. The van der Waals surface area contributed by atoms with Gasteiger partial charge in [0.05, 0.1) is 5.92 Å². The van der Waals surface area contributed by atoms with E-state index in [-0.39, 0.29) is 5.92 Å². The number of ether oxygens (including phenoxy) is 1. The maximum atomic E-state index is 6.40. The molecule has 7 aromatic rings. The molecular weight excluding hydrogens is 536 g/mol. The predicted molar refractivity (Wildman–Crippen MR) is 179 cm³/mol. The molecule has 208 valence electrons. The lowest BCUT2D eigenvalue weighted by atomic mass is 9.85. The van der Waals surface area contributed by atoms with Gasteiger partial charge in [0, 0.05) is 22.6 Å². The number of furan rings is 1. The van der Waals surface area contributed by atoms with Gasteiger partial charge >= 0.3 is 0 Å². The summed E-state index contributed by atoms with van der Waals surface area (Å²) < 4.78 is 12.8. The van der Waals surface area contributed by atoms with E-state index in [0.717, 1.165) is 29.3 Å². The highest BCUT2D eigenvalue weighted by Crippen LogP contribution is 2.49. The van der Waals surface area contributed by atoms with E-state index in [2.05, 4.69) is 152 Å². The van der Waals surface area contributed by atoms with Crippen LogP contribution < -0.4 is 4.74 Å². The minimum absolute atomic E-state index is 0.167. The van der Waals surface area contributed by atoms with Crippen LogP contribution >= 0.6 is 0 Å². The minimum atomic E-state index is 0.167. The fourth-order valence-electron chi connectivity index (χ4n) is 6.81. The van der Waals surface area contributed by atoms with Gasteiger partial charge in [0.1, 0.15) is 22.9 Å². The molecule has 2 heterocycles. The molecule has 44 heavy (non-hydrogen) atoms. The van der Waals surface area contributed by atoms with Gasteiger partial charge in [-0.1, -0.05) is 109 Å². The number of benzene rings is 6. The van der Waals surface area contributed by atoms with Crippen molar-refractivity contribution in [3.8, 4) is 50.3 Å². The smallest absolute Gasteiger partial charge is 0.135 e. The molecule has 0 bridgehead atoms. The van der Waals surface area contributed by atoms with Crippen molar-refractivity contribution in [2.45, 2.75) is 12.3 Å². The van der Waals surface area contributed by atoms with Crippen LogP contribution in [0.4, 0.5) is 0 Å². The molecule has 2 nitrogen and oxygen atoms in total. The molecule has 2 aliphatic rings. The first-order valence-corrected chi connectivity index (χ1v) is 15.2. The van der Waals surface area contributed by atoms with Crippen molar-refractivity contribution in [1.82, 2.24) is 0 Å². The Kier molecular flexibility index (Phi) is 5.67. The molecule has 9 rings (SSSR count). The Morgan fingerprint density at radius 1 is 0.477 bits per heavy atom. The van der Waals surface area contributed by atoms with E-state index in [1.54, 1.807) is 0 Å². The van der Waals surface area contributed by atoms with Crippen molar-refractivity contribution in [2.24, 2.45) is 0 Å². The molecule has 0 fully saturated rings. The lowest BCUT2D eigenvalue weighted by Gasteiger charge is -2.16. The first kappa shape index (κ1) is 24.9. The van der Waals surface area contributed by atoms with Gasteiger partial charge in [0.15, 0.2) is 0 Å². The minimum Gasteiger partial charge on any atom is -0.461 e. The highest BCUT2D eigenvalue weighted by molar-refractivity contribution is 5.91. The molecule has 0 saturated carbocycles. The SMILES string of the molecule is C1=C2Oc3ccc(-c4cccc(-c5ccccc5)c4)cc3C2Cc2c1oc1ccc(-c3cccc(-c4ccccc4)c3)cc21. The fraction of sp³-hybridized carbons (Fsp3) is 0.0476. The third kappa shape index (κ3) is 4.19. The van der Waals surface area contributed by atoms with Gasteiger partial charge in [0.25, 0.3) is 0 Å². The quantitative estimate of drug-likeness (QED) is 0.212. The molecule has 1 atom stereocenters. The summed E-state index contributed by atoms with van der Waals surface area (Å²) in [6.45, 7) is 0. The zero-order valence-corrected chi connectivity index (χ0v) is 24.0. The fourth-order valence-corrected chi connectivity index (χ4v) is 6.81. The van der Waals surface area contributed by atoms with Crippen molar-refractivity contribution in [2.75, 3.05) is 0 Å². The van der Waals surface area contributed by atoms with Crippen LogP contribution in [-0.4, -0.2) is 0 Å². The second-order valence-corrected chi connectivity index (χ2v) is 11.7. The summed E-state index contributed by atoms with van der Waals surface area (Å²) in [4.78, 5) is 0. The second-order valence-electron chi connectivity index (χ2n) is 11.7. The van der Waals surface area contributed by atoms with E-state index in [1.165, 1.54) is 61.0 Å². The Morgan fingerprint density at radius 3 is 1.68 bits per heavy atom. The molecule has 0 saturated heterocycles. The standard InChI is InChI=1S/C42H28O2/c1-3-9-27(10-4-1)29-13-7-15-31(21-29)33-17-19-39-35(23-33)37-25-38-36-24-34(18-20-40(36)44-42(38)26-41(37)43-39)32-16-8-14-30(22-32)28-11-5-2-6-12-28/h1-24,26,37H,25H2. The third-order valence-corrected chi connectivity index (χ3v) is 9.07. The molecule has 0 spiro atoms. The lowest BCUT2D eigenvalue weighted by Crippen LogP contribution is -2.08. The summed E-state index contributed by atoms with van der Waals surface area (Å²) >= 11 is 0. The zero-order chi connectivity index (χ0) is 29.0. The van der Waals surface area contributed by atoms with Gasteiger partial charge in [-0.3, -0.25) is 0 Å². The van der Waals surface area contributed by atoms with Crippen LogP contribution in [0.3, 0.4) is 0 Å². The molecule has 2 heteroatoms. The van der Waals surface area contributed by atoms with E-state index in [9.17, 15) is 0 Å². The summed E-state index contributed by atoms with van der Waals surface area (Å²) in [5.74, 6) is 2.99. The van der Waals surface area contributed by atoms with E-state index in [4.69, 9.17) is 9.15 Å². The number of hydrogen-bond acceptors (Lipinski definition) is 2. The molecule has 6 aromatic carbocycles. The van der Waals surface area contributed by atoms with Crippen LogP contribution in [0.25, 0.3) is 61.6 Å². The number of hydrogen-bond donors (Lipinski definition) is 0. The molecule has 0 radical (unpaired) electrons. The molecule has 1 aliphatic heterocycles. The van der Waals surface area contributed by atoms with Crippen molar-refractivity contribution in [1.29, 1.82) is 0 Å². The first-order valence-electron chi connectivity index (χ1n) is 15.2. The van der Waals surface area contributed by atoms with Gasteiger partial charge < -0.3 is 9.15 Å². The first-order chi connectivity index (χ1) is 21.8. The van der Waals surface area contributed by atoms with Gasteiger partial charge in [-0.2, -0.15) is 0 Å². The average molecular weight is 565 g/mol. The summed E-state index contributed by atoms with van der Waals surface area (Å²) in [6, 6.07) is 51.8. The predicted octanol–water partition coefficient (Wildman–Crippen LogP) is 11.2. The Hall–Kier alpha value is -5.60. The average Bonchev–Trinajstić information content (AvgIpc) is 3.64.